The number of carbonyl (C=O) groups is 1. The minimum atomic E-state index is -0.361. The summed E-state index contributed by atoms with van der Waals surface area (Å²) in [6, 6.07) is 14.9. The molecule has 0 saturated heterocycles. The zero-order valence-corrected chi connectivity index (χ0v) is 18.9. The summed E-state index contributed by atoms with van der Waals surface area (Å²) in [5.41, 5.74) is 3.83. The smallest absolute Gasteiger partial charge is 0.274 e. The van der Waals surface area contributed by atoms with Gasteiger partial charge in [-0.1, -0.05) is 53.0 Å². The van der Waals surface area contributed by atoms with E-state index in [0.717, 1.165) is 5.56 Å². The van der Waals surface area contributed by atoms with Gasteiger partial charge in [0.1, 0.15) is 5.69 Å². The Morgan fingerprint density at radius 3 is 2.67 bits per heavy atom. The molecule has 0 saturated carbocycles. The van der Waals surface area contributed by atoms with E-state index < -0.39 is 0 Å². The summed E-state index contributed by atoms with van der Waals surface area (Å²) < 4.78 is 2.44. The number of H-pyrrole nitrogens is 1. The van der Waals surface area contributed by atoms with Crippen molar-refractivity contribution in [3.8, 4) is 11.3 Å². The molecule has 0 radical (unpaired) electrons. The molecule has 0 unspecified atom stereocenters. The average molecular weight is 505 g/mol. The van der Waals surface area contributed by atoms with E-state index in [-0.39, 0.29) is 11.6 Å². The quantitative estimate of drug-likeness (QED) is 0.352. The first-order valence-corrected chi connectivity index (χ1v) is 10.5. The highest BCUT2D eigenvalue weighted by Gasteiger charge is 2.16. The molecule has 0 aliphatic carbocycles. The molecule has 6 nitrogen and oxygen atoms in total. The van der Waals surface area contributed by atoms with Crippen molar-refractivity contribution in [2.45, 2.75) is 13.5 Å². The Labute approximate surface area is 191 Å². The predicted octanol–water partition coefficient (Wildman–Crippen LogP) is 5.95. The van der Waals surface area contributed by atoms with Gasteiger partial charge in [-0.2, -0.15) is 10.2 Å². The van der Waals surface area contributed by atoms with Crippen molar-refractivity contribution in [1.82, 2.24) is 20.0 Å². The van der Waals surface area contributed by atoms with Crippen molar-refractivity contribution in [3.63, 3.8) is 0 Å². The zero-order chi connectivity index (χ0) is 21.3. The van der Waals surface area contributed by atoms with Gasteiger partial charge in [0.2, 0.25) is 0 Å². The maximum Gasteiger partial charge on any atom is 0.274 e. The van der Waals surface area contributed by atoms with Gasteiger partial charge < -0.3 is 5.32 Å². The van der Waals surface area contributed by atoms with Crippen molar-refractivity contribution in [2.24, 2.45) is 0 Å². The van der Waals surface area contributed by atoms with Crippen molar-refractivity contribution < 1.29 is 4.79 Å². The van der Waals surface area contributed by atoms with Gasteiger partial charge in [-0.25, -0.2) is 0 Å². The third kappa shape index (κ3) is 4.59. The molecule has 0 bridgehead atoms. The molecule has 2 aromatic heterocycles. The van der Waals surface area contributed by atoms with Gasteiger partial charge in [-0.05, 0) is 52.7 Å². The molecular formula is C21H16BrCl2N5O. The van der Waals surface area contributed by atoms with E-state index in [1.165, 1.54) is 5.56 Å². The fraction of sp³-hybridized carbons (Fsp3) is 0.0952. The van der Waals surface area contributed by atoms with E-state index in [2.05, 4.69) is 60.8 Å². The van der Waals surface area contributed by atoms with Crippen molar-refractivity contribution in [3.05, 3.63) is 86.1 Å². The number of benzene rings is 2. The zero-order valence-electron chi connectivity index (χ0n) is 15.8. The highest BCUT2D eigenvalue weighted by atomic mass is 79.9. The van der Waals surface area contributed by atoms with Gasteiger partial charge >= 0.3 is 0 Å². The number of aromatic nitrogens is 4. The van der Waals surface area contributed by atoms with Crippen LogP contribution >= 0.6 is 39.1 Å². The lowest BCUT2D eigenvalue weighted by molar-refractivity contribution is 0.102. The number of carbonyl (C=O) groups excluding carboxylic acids is 1. The number of amides is 1. The van der Waals surface area contributed by atoms with Crippen molar-refractivity contribution >= 4 is 50.9 Å². The summed E-state index contributed by atoms with van der Waals surface area (Å²) in [5.74, 6) is 0.0629. The number of halogens is 3. The van der Waals surface area contributed by atoms with Crippen LogP contribution in [-0.4, -0.2) is 25.9 Å². The standard InChI is InChI=1S/C21H16BrCl2N5O/c1-12-2-4-13(5-3-12)10-29-11-16(22)20(28-29)25-21(30)19-9-18(26-27-19)15-7-6-14(23)8-17(15)24/h2-9,11H,10H2,1H3,(H,26,27)(H,25,28,30). The van der Waals surface area contributed by atoms with Gasteiger partial charge in [0, 0.05) is 16.8 Å². The molecule has 4 rings (SSSR count). The summed E-state index contributed by atoms with van der Waals surface area (Å²) in [5, 5.41) is 15.1. The largest absolute Gasteiger partial charge is 0.303 e. The minimum absolute atomic E-state index is 0.288. The molecule has 30 heavy (non-hydrogen) atoms. The molecule has 0 atom stereocenters. The van der Waals surface area contributed by atoms with Gasteiger partial charge in [-0.3, -0.25) is 14.6 Å². The predicted molar refractivity (Wildman–Crippen MR) is 122 cm³/mol. The van der Waals surface area contributed by atoms with E-state index in [1.807, 2.05) is 13.1 Å². The van der Waals surface area contributed by atoms with Gasteiger partial charge in [0.05, 0.1) is 21.7 Å². The lowest BCUT2D eigenvalue weighted by atomic mass is 10.1. The number of aromatic amines is 1. The van der Waals surface area contributed by atoms with Gasteiger partial charge in [0.25, 0.3) is 5.91 Å². The van der Waals surface area contributed by atoms with Gasteiger partial charge in [-0.15, -0.1) is 0 Å². The van der Waals surface area contributed by atoms with E-state index in [9.17, 15) is 4.79 Å². The summed E-state index contributed by atoms with van der Waals surface area (Å²) in [6.45, 7) is 2.64. The lowest BCUT2D eigenvalue weighted by Crippen LogP contribution is -2.13. The fourth-order valence-corrected chi connectivity index (χ4v) is 3.81. The Hall–Kier alpha value is -2.61. The Balaban J connectivity index is 1.48. The van der Waals surface area contributed by atoms with E-state index >= 15 is 0 Å². The normalized spacial score (nSPS) is 10.9. The van der Waals surface area contributed by atoms with Crippen LogP contribution in [0.3, 0.4) is 0 Å². The first-order valence-electron chi connectivity index (χ1n) is 9.00. The van der Waals surface area contributed by atoms with E-state index in [0.29, 0.717) is 38.1 Å². The number of anilines is 1. The van der Waals surface area contributed by atoms with Gasteiger partial charge in [0.15, 0.2) is 5.82 Å². The van der Waals surface area contributed by atoms with Crippen LogP contribution < -0.4 is 5.32 Å². The summed E-state index contributed by atoms with van der Waals surface area (Å²) in [6.07, 6.45) is 1.82. The highest BCUT2D eigenvalue weighted by Crippen LogP contribution is 2.29. The van der Waals surface area contributed by atoms with Crippen molar-refractivity contribution in [1.29, 1.82) is 0 Å². The van der Waals surface area contributed by atoms with Crippen LogP contribution in [0.25, 0.3) is 11.3 Å². The van der Waals surface area contributed by atoms with Crippen LogP contribution in [0.15, 0.2) is 59.2 Å². The maximum absolute atomic E-state index is 12.6. The number of nitrogens with zero attached hydrogens (tertiary/aromatic N) is 3. The molecule has 2 aromatic carbocycles. The molecule has 1 amide bonds. The summed E-state index contributed by atoms with van der Waals surface area (Å²) in [4.78, 5) is 12.6. The number of hydrogen-bond acceptors (Lipinski definition) is 3. The first kappa shape index (κ1) is 20.7. The molecular weight excluding hydrogens is 489 g/mol. The summed E-state index contributed by atoms with van der Waals surface area (Å²) in [7, 11) is 0. The Kier molecular flexibility index (Phi) is 5.94. The lowest BCUT2D eigenvalue weighted by Gasteiger charge is -2.03. The molecule has 9 heteroatoms. The third-order valence-corrected chi connectivity index (χ3v) is 5.57. The molecule has 4 aromatic rings. The molecule has 152 valence electrons. The van der Waals surface area contributed by atoms with Crippen LogP contribution in [0.1, 0.15) is 21.6 Å². The molecule has 0 aliphatic heterocycles. The topological polar surface area (TPSA) is 75.6 Å². The second-order valence-electron chi connectivity index (χ2n) is 6.75. The summed E-state index contributed by atoms with van der Waals surface area (Å²) >= 11 is 15.6. The minimum Gasteiger partial charge on any atom is -0.303 e. The van der Waals surface area contributed by atoms with E-state index in [1.54, 1.807) is 28.9 Å². The third-order valence-electron chi connectivity index (χ3n) is 4.44. The fourth-order valence-electron chi connectivity index (χ4n) is 2.89. The molecule has 0 spiro atoms. The van der Waals surface area contributed by atoms with Crippen LogP contribution in [0.2, 0.25) is 10.0 Å². The highest BCUT2D eigenvalue weighted by molar-refractivity contribution is 9.10. The number of hydrogen-bond donors (Lipinski definition) is 2. The SMILES string of the molecule is Cc1ccc(Cn2cc(Br)c(NC(=O)c3cc(-c4ccc(Cl)cc4Cl)n[nH]3)n2)cc1. The molecule has 2 N–H and O–H groups in total. The first-order chi connectivity index (χ1) is 14.4. The Bertz CT molecular complexity index is 1220. The second-order valence-corrected chi connectivity index (χ2v) is 8.45. The second kappa shape index (κ2) is 8.63. The number of aryl methyl sites for hydroxylation is 1. The van der Waals surface area contributed by atoms with Crippen LogP contribution in [0.4, 0.5) is 5.82 Å². The Morgan fingerprint density at radius 2 is 1.93 bits per heavy atom. The molecule has 0 fully saturated rings. The molecule has 2 heterocycles. The van der Waals surface area contributed by atoms with E-state index in [4.69, 9.17) is 23.2 Å². The molecule has 0 aliphatic rings. The van der Waals surface area contributed by atoms with Crippen LogP contribution in [-0.2, 0) is 6.54 Å². The average Bonchev–Trinajstić information content (AvgIpc) is 3.31. The van der Waals surface area contributed by atoms with Crippen molar-refractivity contribution in [2.75, 3.05) is 5.32 Å². The monoisotopic (exact) mass is 503 g/mol. The maximum atomic E-state index is 12.6. The number of rotatable bonds is 5. The van der Waals surface area contributed by atoms with Crippen LogP contribution in [0, 0.1) is 6.92 Å². The Morgan fingerprint density at radius 1 is 1.17 bits per heavy atom. The number of nitrogens with one attached hydrogen (secondary N) is 2. The van der Waals surface area contributed by atoms with Crippen LogP contribution in [0.5, 0.6) is 0 Å².